The Morgan fingerprint density at radius 3 is 2.36 bits per heavy atom. The number of benzene rings is 1. The van der Waals surface area contributed by atoms with Crippen molar-refractivity contribution in [1.29, 1.82) is 0 Å². The van der Waals surface area contributed by atoms with Crippen LogP contribution >= 0.6 is 27.3 Å². The number of hydrogen-bond donors (Lipinski definition) is 1. The smallest absolute Gasteiger partial charge is 0.248 e. The minimum absolute atomic E-state index is 0.133. The van der Waals surface area contributed by atoms with Crippen molar-refractivity contribution >= 4 is 55.0 Å². The fraction of sp³-hybridized carbons (Fsp3) is 0.235. The first-order chi connectivity index (χ1) is 11.7. The molecule has 1 aromatic heterocycles. The van der Waals surface area contributed by atoms with E-state index in [0.29, 0.717) is 5.69 Å². The zero-order valence-corrected chi connectivity index (χ0v) is 17.3. The number of nitrogens with one attached hydrogen (secondary N) is 1. The standard InChI is InChI=1S/C17H19BrN2O3S2/c1-12(2)20(3)25(22,23)15-8-4-13(5-9-15)19-17(21)11-7-14-6-10-16(18)24-14/h4-12H,1-3H3,(H,19,21). The highest BCUT2D eigenvalue weighted by Gasteiger charge is 2.22. The Kier molecular flexibility index (Phi) is 6.56. The number of rotatable bonds is 6. The molecule has 1 amide bonds. The van der Waals surface area contributed by atoms with Gasteiger partial charge in [0.2, 0.25) is 15.9 Å². The summed E-state index contributed by atoms with van der Waals surface area (Å²) in [6.07, 6.45) is 3.16. The maximum atomic E-state index is 12.4. The van der Waals surface area contributed by atoms with Gasteiger partial charge >= 0.3 is 0 Å². The van der Waals surface area contributed by atoms with Crippen LogP contribution in [0.1, 0.15) is 18.7 Å². The molecule has 134 valence electrons. The third kappa shape index (κ3) is 5.24. The van der Waals surface area contributed by atoms with E-state index in [1.807, 2.05) is 26.0 Å². The first kappa shape index (κ1) is 19.8. The van der Waals surface area contributed by atoms with Crippen molar-refractivity contribution < 1.29 is 13.2 Å². The lowest BCUT2D eigenvalue weighted by Crippen LogP contribution is -2.33. The summed E-state index contributed by atoms with van der Waals surface area (Å²) < 4.78 is 27.1. The molecular weight excluding hydrogens is 424 g/mol. The van der Waals surface area contributed by atoms with Gasteiger partial charge in [-0.05, 0) is 72.3 Å². The largest absolute Gasteiger partial charge is 0.323 e. The van der Waals surface area contributed by atoms with Crippen molar-refractivity contribution in [3.8, 4) is 0 Å². The molecule has 0 fully saturated rings. The van der Waals surface area contributed by atoms with Gasteiger partial charge in [-0.2, -0.15) is 4.31 Å². The van der Waals surface area contributed by atoms with E-state index in [2.05, 4.69) is 21.2 Å². The molecule has 1 heterocycles. The van der Waals surface area contributed by atoms with Gasteiger partial charge in [0, 0.05) is 29.7 Å². The fourth-order valence-electron chi connectivity index (χ4n) is 1.91. The molecule has 0 aliphatic rings. The SMILES string of the molecule is CC(C)N(C)S(=O)(=O)c1ccc(NC(=O)C=Cc2ccc(Br)s2)cc1. The predicted molar refractivity (Wildman–Crippen MR) is 106 cm³/mol. The molecule has 25 heavy (non-hydrogen) atoms. The molecular formula is C17H19BrN2O3S2. The van der Waals surface area contributed by atoms with Crippen LogP contribution in [0.15, 0.2) is 51.2 Å². The van der Waals surface area contributed by atoms with Gasteiger partial charge in [0.1, 0.15) is 0 Å². The number of carbonyl (C=O) groups excluding carboxylic acids is 1. The zero-order valence-electron chi connectivity index (χ0n) is 14.1. The van der Waals surface area contributed by atoms with E-state index in [4.69, 9.17) is 0 Å². The molecule has 0 atom stereocenters. The van der Waals surface area contributed by atoms with E-state index in [0.717, 1.165) is 8.66 Å². The minimum atomic E-state index is -3.52. The molecule has 0 radical (unpaired) electrons. The molecule has 5 nitrogen and oxygen atoms in total. The van der Waals surface area contributed by atoms with Gasteiger partial charge in [-0.25, -0.2) is 8.42 Å². The number of carbonyl (C=O) groups is 1. The van der Waals surface area contributed by atoms with E-state index in [1.54, 1.807) is 25.3 Å². The normalized spacial score (nSPS) is 12.2. The summed E-state index contributed by atoms with van der Waals surface area (Å²) in [5.41, 5.74) is 0.535. The Morgan fingerprint density at radius 1 is 1.20 bits per heavy atom. The van der Waals surface area contributed by atoms with Crippen molar-refractivity contribution in [2.24, 2.45) is 0 Å². The maximum absolute atomic E-state index is 12.4. The summed E-state index contributed by atoms with van der Waals surface area (Å²) in [5, 5.41) is 2.71. The summed E-state index contributed by atoms with van der Waals surface area (Å²) in [6.45, 7) is 3.62. The molecule has 8 heteroatoms. The average Bonchev–Trinajstić information content (AvgIpc) is 2.98. The molecule has 1 aromatic carbocycles. The van der Waals surface area contributed by atoms with E-state index in [1.165, 1.54) is 33.9 Å². The molecule has 0 unspecified atom stereocenters. The average molecular weight is 443 g/mol. The topological polar surface area (TPSA) is 66.5 Å². The second-order valence-corrected chi connectivity index (χ2v) is 10.1. The summed E-state index contributed by atoms with van der Waals surface area (Å²) in [5.74, 6) is -0.278. The number of hydrogen-bond acceptors (Lipinski definition) is 4. The Morgan fingerprint density at radius 2 is 1.84 bits per heavy atom. The monoisotopic (exact) mass is 442 g/mol. The molecule has 0 saturated heterocycles. The number of sulfonamides is 1. The summed E-state index contributed by atoms with van der Waals surface area (Å²) in [4.78, 5) is 13.1. The van der Waals surface area contributed by atoms with Crippen molar-refractivity contribution in [1.82, 2.24) is 4.31 Å². The van der Waals surface area contributed by atoms with Crippen molar-refractivity contribution in [2.75, 3.05) is 12.4 Å². The molecule has 0 aliphatic heterocycles. The number of anilines is 1. The first-order valence-corrected chi connectivity index (χ1v) is 10.6. The van der Waals surface area contributed by atoms with Gasteiger partial charge in [0.15, 0.2) is 0 Å². The third-order valence-electron chi connectivity index (χ3n) is 3.52. The minimum Gasteiger partial charge on any atom is -0.323 e. The third-order valence-corrected chi connectivity index (χ3v) is 7.16. The molecule has 2 aromatic rings. The maximum Gasteiger partial charge on any atom is 0.248 e. The van der Waals surface area contributed by atoms with Crippen molar-refractivity contribution in [2.45, 2.75) is 24.8 Å². The van der Waals surface area contributed by atoms with Crippen LogP contribution in [0.4, 0.5) is 5.69 Å². The van der Waals surface area contributed by atoms with Crippen molar-refractivity contribution in [3.05, 3.63) is 51.1 Å². The van der Waals surface area contributed by atoms with E-state index < -0.39 is 10.0 Å². The summed E-state index contributed by atoms with van der Waals surface area (Å²) in [7, 11) is -1.98. The predicted octanol–water partition coefficient (Wildman–Crippen LogP) is 4.19. The van der Waals surface area contributed by atoms with Crippen LogP contribution in [0.5, 0.6) is 0 Å². The quantitative estimate of drug-likeness (QED) is 0.681. The van der Waals surface area contributed by atoms with E-state index >= 15 is 0 Å². The molecule has 0 bridgehead atoms. The highest BCUT2D eigenvalue weighted by Crippen LogP contribution is 2.23. The number of halogens is 1. The van der Waals surface area contributed by atoms with Crippen LogP contribution < -0.4 is 5.32 Å². The zero-order chi connectivity index (χ0) is 18.6. The van der Waals surface area contributed by atoms with E-state index in [-0.39, 0.29) is 16.8 Å². The number of amides is 1. The Hall–Kier alpha value is -1.48. The Labute approximate surface area is 160 Å². The van der Waals surface area contributed by atoms with Crippen LogP contribution in [0.25, 0.3) is 6.08 Å². The van der Waals surface area contributed by atoms with Gasteiger partial charge < -0.3 is 5.32 Å². The van der Waals surface area contributed by atoms with Crippen molar-refractivity contribution in [3.63, 3.8) is 0 Å². The van der Waals surface area contributed by atoms with E-state index in [9.17, 15) is 13.2 Å². The van der Waals surface area contributed by atoms with Gasteiger partial charge in [0.05, 0.1) is 8.68 Å². The lowest BCUT2D eigenvalue weighted by molar-refractivity contribution is -0.111. The van der Waals surface area contributed by atoms with Crippen LogP contribution in [0, 0.1) is 0 Å². The van der Waals surface area contributed by atoms with Gasteiger partial charge in [-0.15, -0.1) is 11.3 Å². The lowest BCUT2D eigenvalue weighted by atomic mass is 10.3. The van der Waals surface area contributed by atoms with Crippen LogP contribution in [0.2, 0.25) is 0 Å². The number of nitrogens with zero attached hydrogens (tertiary/aromatic N) is 1. The Bertz CT molecular complexity index is 872. The number of thiophene rings is 1. The van der Waals surface area contributed by atoms with Crippen LogP contribution in [-0.4, -0.2) is 31.7 Å². The molecule has 2 rings (SSSR count). The molecule has 0 spiro atoms. The second kappa shape index (κ2) is 8.27. The lowest BCUT2D eigenvalue weighted by Gasteiger charge is -2.21. The van der Waals surface area contributed by atoms with Crippen LogP contribution in [-0.2, 0) is 14.8 Å². The van der Waals surface area contributed by atoms with Gasteiger partial charge in [0.25, 0.3) is 0 Å². The Balaban J connectivity index is 2.05. The van der Waals surface area contributed by atoms with Gasteiger partial charge in [-0.1, -0.05) is 0 Å². The fourth-order valence-corrected chi connectivity index (χ4v) is 4.61. The highest BCUT2D eigenvalue weighted by molar-refractivity contribution is 9.11. The molecule has 0 saturated carbocycles. The highest BCUT2D eigenvalue weighted by atomic mass is 79.9. The first-order valence-electron chi connectivity index (χ1n) is 7.52. The molecule has 0 aliphatic carbocycles. The second-order valence-electron chi connectivity index (χ2n) is 5.60. The molecule has 1 N–H and O–H groups in total. The summed E-state index contributed by atoms with van der Waals surface area (Å²) >= 11 is 4.89. The van der Waals surface area contributed by atoms with Crippen LogP contribution in [0.3, 0.4) is 0 Å². The van der Waals surface area contributed by atoms with Gasteiger partial charge in [-0.3, -0.25) is 4.79 Å². The summed E-state index contributed by atoms with van der Waals surface area (Å²) in [6, 6.07) is 9.82.